The maximum absolute atomic E-state index is 12.4. The number of carbonyl (C=O) groups is 1. The number of rotatable bonds is 2. The summed E-state index contributed by atoms with van der Waals surface area (Å²) >= 11 is 5.87. The number of aromatic nitrogens is 1. The molecule has 0 saturated carbocycles. The van der Waals surface area contributed by atoms with E-state index in [2.05, 4.69) is 10.3 Å². The number of halogens is 2. The second-order valence-electron chi connectivity index (χ2n) is 6.03. The van der Waals surface area contributed by atoms with Crippen LogP contribution in [0, 0.1) is 5.41 Å². The number of likely N-dealkylation sites (tertiary alicyclic amines) is 1. The Labute approximate surface area is 136 Å². The molecule has 0 aromatic carbocycles. The topological polar surface area (TPSA) is 45.2 Å². The lowest BCUT2D eigenvalue weighted by atomic mass is 9.78. The minimum absolute atomic E-state index is 0. The number of nitrogens with one attached hydrogen (secondary N) is 1. The van der Waals surface area contributed by atoms with Crippen molar-refractivity contribution in [3.8, 4) is 0 Å². The highest BCUT2D eigenvalue weighted by Gasteiger charge is 2.45. The molecule has 0 bridgehead atoms. The molecular formula is C15H21Cl2N3O. The Kier molecular flexibility index (Phi) is 5.12. The van der Waals surface area contributed by atoms with Crippen LogP contribution in [0.5, 0.6) is 0 Å². The number of piperidine rings is 1. The molecule has 0 radical (unpaired) electrons. The summed E-state index contributed by atoms with van der Waals surface area (Å²) in [7, 11) is 0. The van der Waals surface area contributed by atoms with E-state index in [0.717, 1.165) is 38.2 Å². The van der Waals surface area contributed by atoms with Gasteiger partial charge in [0.15, 0.2) is 0 Å². The van der Waals surface area contributed by atoms with Gasteiger partial charge in [-0.2, -0.15) is 0 Å². The first kappa shape index (κ1) is 16.5. The molecule has 1 N–H and O–H groups in total. The van der Waals surface area contributed by atoms with Crippen molar-refractivity contribution in [2.45, 2.75) is 32.2 Å². The highest BCUT2D eigenvalue weighted by Crippen LogP contribution is 2.42. The maximum atomic E-state index is 12.4. The fourth-order valence-corrected chi connectivity index (χ4v) is 3.48. The molecule has 0 aliphatic carbocycles. The van der Waals surface area contributed by atoms with Gasteiger partial charge in [0.05, 0.1) is 16.8 Å². The number of amides is 1. The highest BCUT2D eigenvalue weighted by atomic mass is 35.5. The van der Waals surface area contributed by atoms with Crippen LogP contribution in [0.2, 0.25) is 5.02 Å². The Morgan fingerprint density at radius 3 is 2.71 bits per heavy atom. The van der Waals surface area contributed by atoms with E-state index in [4.69, 9.17) is 11.6 Å². The van der Waals surface area contributed by atoms with Gasteiger partial charge in [-0.15, -0.1) is 12.4 Å². The Balaban J connectivity index is 0.00000161. The summed E-state index contributed by atoms with van der Waals surface area (Å²) in [6.45, 7) is 4.95. The van der Waals surface area contributed by atoms with Crippen LogP contribution < -0.4 is 5.32 Å². The predicted octanol–water partition coefficient (Wildman–Crippen LogP) is 2.82. The standard InChI is InChI=1S/C15H20ClN3O.ClH/c1-11(13-3-2-12(16)9-18-13)19-10-15(8-14(19)20)4-6-17-7-5-15;/h2-3,9,11,17H,4-8,10H2,1H3;1H. The van der Waals surface area contributed by atoms with Gasteiger partial charge in [-0.1, -0.05) is 11.6 Å². The molecule has 2 fully saturated rings. The predicted molar refractivity (Wildman–Crippen MR) is 85.8 cm³/mol. The average Bonchev–Trinajstić information content (AvgIpc) is 2.76. The first-order valence-electron chi connectivity index (χ1n) is 7.21. The second-order valence-corrected chi connectivity index (χ2v) is 6.46. The second kappa shape index (κ2) is 6.51. The van der Waals surface area contributed by atoms with E-state index >= 15 is 0 Å². The number of nitrogens with zero attached hydrogens (tertiary/aromatic N) is 2. The third-order valence-electron chi connectivity index (χ3n) is 4.66. The smallest absolute Gasteiger partial charge is 0.223 e. The Morgan fingerprint density at radius 1 is 1.38 bits per heavy atom. The van der Waals surface area contributed by atoms with Crippen molar-refractivity contribution in [3.63, 3.8) is 0 Å². The molecule has 1 spiro atoms. The van der Waals surface area contributed by atoms with Gasteiger partial charge < -0.3 is 10.2 Å². The van der Waals surface area contributed by atoms with E-state index in [0.29, 0.717) is 11.4 Å². The van der Waals surface area contributed by atoms with Gasteiger partial charge in [0.2, 0.25) is 5.91 Å². The average molecular weight is 330 g/mol. The van der Waals surface area contributed by atoms with E-state index < -0.39 is 0 Å². The molecule has 3 rings (SSSR count). The van der Waals surface area contributed by atoms with Gasteiger partial charge >= 0.3 is 0 Å². The molecule has 116 valence electrons. The van der Waals surface area contributed by atoms with Crippen molar-refractivity contribution in [1.29, 1.82) is 0 Å². The summed E-state index contributed by atoms with van der Waals surface area (Å²) in [5, 5.41) is 4.00. The van der Waals surface area contributed by atoms with Gasteiger partial charge in [0.25, 0.3) is 0 Å². The molecule has 2 aliphatic rings. The number of pyridine rings is 1. The molecule has 3 heterocycles. The summed E-state index contributed by atoms with van der Waals surface area (Å²) in [5.74, 6) is 0.260. The van der Waals surface area contributed by atoms with Gasteiger partial charge in [-0.05, 0) is 50.4 Å². The fraction of sp³-hybridized carbons (Fsp3) is 0.600. The van der Waals surface area contributed by atoms with Gasteiger partial charge in [0, 0.05) is 19.2 Å². The summed E-state index contributed by atoms with van der Waals surface area (Å²) in [6.07, 6.45) is 4.52. The monoisotopic (exact) mass is 329 g/mol. The van der Waals surface area contributed by atoms with Crippen molar-refractivity contribution in [3.05, 3.63) is 29.0 Å². The van der Waals surface area contributed by atoms with Crippen molar-refractivity contribution in [2.24, 2.45) is 5.41 Å². The number of hydrogen-bond acceptors (Lipinski definition) is 3. The van der Waals surface area contributed by atoms with Crippen molar-refractivity contribution in [2.75, 3.05) is 19.6 Å². The number of carbonyl (C=O) groups excluding carboxylic acids is 1. The van der Waals surface area contributed by atoms with Crippen LogP contribution >= 0.6 is 24.0 Å². The molecular weight excluding hydrogens is 309 g/mol. The quantitative estimate of drug-likeness (QED) is 0.907. The lowest BCUT2D eigenvalue weighted by molar-refractivity contribution is -0.129. The summed E-state index contributed by atoms with van der Waals surface area (Å²) in [4.78, 5) is 18.7. The Hall–Kier alpha value is -0.840. The molecule has 1 aromatic rings. The maximum Gasteiger partial charge on any atom is 0.223 e. The molecule has 21 heavy (non-hydrogen) atoms. The fourth-order valence-electron chi connectivity index (χ4n) is 3.37. The zero-order valence-electron chi connectivity index (χ0n) is 12.1. The summed E-state index contributed by atoms with van der Waals surface area (Å²) in [5.41, 5.74) is 1.09. The van der Waals surface area contributed by atoms with Crippen LogP contribution in [0.15, 0.2) is 18.3 Å². The lowest BCUT2D eigenvalue weighted by Crippen LogP contribution is -2.39. The van der Waals surface area contributed by atoms with Gasteiger partial charge in [-0.3, -0.25) is 9.78 Å². The zero-order valence-corrected chi connectivity index (χ0v) is 13.7. The van der Waals surface area contributed by atoms with E-state index in [1.807, 2.05) is 24.0 Å². The molecule has 6 heteroatoms. The zero-order chi connectivity index (χ0) is 14.2. The first-order valence-corrected chi connectivity index (χ1v) is 7.59. The van der Waals surface area contributed by atoms with Crippen LogP contribution in [0.1, 0.15) is 37.9 Å². The van der Waals surface area contributed by atoms with E-state index in [1.54, 1.807) is 6.20 Å². The molecule has 1 amide bonds. The SMILES string of the molecule is CC(c1ccc(Cl)cn1)N1CC2(CCNCC2)CC1=O.Cl. The van der Waals surface area contributed by atoms with Crippen LogP contribution in [-0.2, 0) is 4.79 Å². The van der Waals surface area contributed by atoms with E-state index in [9.17, 15) is 4.79 Å². The summed E-state index contributed by atoms with van der Waals surface area (Å²) in [6, 6.07) is 3.77. The normalized spacial score (nSPS) is 22.2. The van der Waals surface area contributed by atoms with Crippen molar-refractivity contribution >= 4 is 29.9 Å². The van der Waals surface area contributed by atoms with Crippen molar-refractivity contribution < 1.29 is 4.79 Å². The molecule has 2 aliphatic heterocycles. The molecule has 1 atom stereocenters. The molecule has 4 nitrogen and oxygen atoms in total. The van der Waals surface area contributed by atoms with Crippen LogP contribution in [0.4, 0.5) is 0 Å². The van der Waals surface area contributed by atoms with E-state index in [1.165, 1.54) is 0 Å². The summed E-state index contributed by atoms with van der Waals surface area (Å²) < 4.78 is 0. The molecule has 1 aromatic heterocycles. The Bertz CT molecular complexity index is 500. The van der Waals surface area contributed by atoms with E-state index in [-0.39, 0.29) is 29.8 Å². The highest BCUT2D eigenvalue weighted by molar-refractivity contribution is 6.30. The largest absolute Gasteiger partial charge is 0.334 e. The minimum Gasteiger partial charge on any atom is -0.334 e. The third-order valence-corrected chi connectivity index (χ3v) is 4.89. The van der Waals surface area contributed by atoms with Crippen LogP contribution in [0.3, 0.4) is 0 Å². The number of hydrogen-bond donors (Lipinski definition) is 1. The van der Waals surface area contributed by atoms with Gasteiger partial charge in [0.1, 0.15) is 0 Å². The van der Waals surface area contributed by atoms with Crippen LogP contribution in [-0.4, -0.2) is 35.4 Å². The van der Waals surface area contributed by atoms with Crippen molar-refractivity contribution in [1.82, 2.24) is 15.2 Å². The first-order chi connectivity index (χ1) is 9.60. The lowest BCUT2D eigenvalue weighted by Gasteiger charge is -2.34. The van der Waals surface area contributed by atoms with Gasteiger partial charge in [-0.25, -0.2) is 0 Å². The molecule has 2 saturated heterocycles. The molecule has 1 unspecified atom stereocenters. The minimum atomic E-state index is 0. The Morgan fingerprint density at radius 2 is 2.10 bits per heavy atom. The third kappa shape index (κ3) is 3.33. The van der Waals surface area contributed by atoms with Crippen LogP contribution in [0.25, 0.3) is 0 Å².